The van der Waals surface area contributed by atoms with E-state index in [-0.39, 0.29) is 18.9 Å². The first-order valence-electron chi connectivity index (χ1n) is 4.13. The molecule has 0 aliphatic rings. The van der Waals surface area contributed by atoms with Crippen molar-refractivity contribution in [1.82, 2.24) is 5.32 Å². The third-order valence-electron chi connectivity index (χ3n) is 1.54. The number of carbonyl (C=O) groups is 1. The molecule has 1 N–H and O–H groups in total. The molecule has 0 radical (unpaired) electrons. The summed E-state index contributed by atoms with van der Waals surface area (Å²) in [5.41, 5.74) is 7.99. The molecule has 1 heterocycles. The zero-order chi connectivity index (χ0) is 10.2. The lowest BCUT2D eigenvalue weighted by molar-refractivity contribution is -0.121. The van der Waals surface area contributed by atoms with E-state index in [0.717, 1.165) is 4.88 Å². The fraction of sp³-hybridized carbons (Fsp3) is 0.375. The van der Waals surface area contributed by atoms with Gasteiger partial charge in [-0.1, -0.05) is 11.2 Å². The van der Waals surface area contributed by atoms with Crippen LogP contribution >= 0.6 is 11.3 Å². The van der Waals surface area contributed by atoms with Crippen LogP contribution in [0.5, 0.6) is 0 Å². The Bertz CT molecular complexity index is 329. The minimum absolute atomic E-state index is 0.0919. The van der Waals surface area contributed by atoms with Crippen LogP contribution in [0.25, 0.3) is 10.4 Å². The van der Waals surface area contributed by atoms with Gasteiger partial charge < -0.3 is 5.32 Å². The Morgan fingerprint density at radius 1 is 1.71 bits per heavy atom. The number of nitrogens with one attached hydrogen (secondary N) is 1. The van der Waals surface area contributed by atoms with Crippen molar-refractivity contribution in [2.75, 3.05) is 6.54 Å². The number of amides is 1. The molecule has 6 heteroatoms. The van der Waals surface area contributed by atoms with Gasteiger partial charge in [-0.25, -0.2) is 0 Å². The van der Waals surface area contributed by atoms with Crippen LogP contribution in [0.2, 0.25) is 0 Å². The van der Waals surface area contributed by atoms with E-state index in [9.17, 15) is 4.79 Å². The van der Waals surface area contributed by atoms with Crippen molar-refractivity contribution in [1.29, 1.82) is 0 Å². The molecule has 0 bridgehead atoms. The zero-order valence-electron chi connectivity index (χ0n) is 7.51. The quantitative estimate of drug-likeness (QED) is 0.450. The summed E-state index contributed by atoms with van der Waals surface area (Å²) in [4.78, 5) is 14.8. The summed E-state index contributed by atoms with van der Waals surface area (Å²) >= 11 is 1.60. The molecule has 0 aliphatic heterocycles. The van der Waals surface area contributed by atoms with Crippen molar-refractivity contribution in [3.05, 3.63) is 32.8 Å². The molecule has 0 aliphatic carbocycles. The van der Waals surface area contributed by atoms with E-state index >= 15 is 0 Å². The van der Waals surface area contributed by atoms with Gasteiger partial charge in [-0.2, -0.15) is 0 Å². The number of rotatable bonds is 5. The molecule has 0 saturated heterocycles. The Morgan fingerprint density at radius 3 is 3.21 bits per heavy atom. The first kappa shape index (κ1) is 10.6. The van der Waals surface area contributed by atoms with Gasteiger partial charge in [0.1, 0.15) is 0 Å². The maximum absolute atomic E-state index is 11.1. The molecule has 0 atom stereocenters. The van der Waals surface area contributed by atoms with E-state index in [1.165, 1.54) is 0 Å². The molecule has 0 saturated carbocycles. The molecule has 1 rings (SSSR count). The number of thiophene rings is 1. The maximum Gasteiger partial charge on any atom is 0.220 e. The van der Waals surface area contributed by atoms with Gasteiger partial charge >= 0.3 is 0 Å². The molecule has 0 aromatic carbocycles. The number of carbonyl (C=O) groups excluding carboxylic acids is 1. The predicted octanol–water partition coefficient (Wildman–Crippen LogP) is 2.06. The van der Waals surface area contributed by atoms with Gasteiger partial charge in [-0.05, 0) is 17.0 Å². The second-order valence-electron chi connectivity index (χ2n) is 2.56. The normalized spacial score (nSPS) is 9.14. The molecule has 1 aromatic heterocycles. The highest BCUT2D eigenvalue weighted by Gasteiger charge is 1.99. The monoisotopic (exact) mass is 210 g/mol. The molecule has 1 amide bonds. The van der Waals surface area contributed by atoms with Crippen LogP contribution in [0.3, 0.4) is 0 Å². The molecule has 1 aromatic rings. The fourth-order valence-electron chi connectivity index (χ4n) is 0.884. The van der Waals surface area contributed by atoms with Crippen molar-refractivity contribution >= 4 is 17.2 Å². The third-order valence-corrected chi connectivity index (χ3v) is 2.42. The van der Waals surface area contributed by atoms with E-state index in [2.05, 4.69) is 15.3 Å². The molecular formula is C8H10N4OS. The lowest BCUT2D eigenvalue weighted by atomic mass is 10.4. The van der Waals surface area contributed by atoms with E-state index in [1.54, 1.807) is 11.3 Å². The van der Waals surface area contributed by atoms with Crippen LogP contribution < -0.4 is 5.32 Å². The minimum atomic E-state index is -0.0919. The van der Waals surface area contributed by atoms with E-state index in [1.807, 2.05) is 17.5 Å². The van der Waals surface area contributed by atoms with E-state index in [0.29, 0.717) is 6.54 Å². The molecule has 74 valence electrons. The first-order chi connectivity index (χ1) is 6.83. The Balaban J connectivity index is 2.18. The standard InChI is InChI=1S/C8H10N4OS/c9-12-11-4-3-8(13)10-6-7-2-1-5-14-7/h1-2,5H,3-4,6H2,(H,10,13). The van der Waals surface area contributed by atoms with Gasteiger partial charge in [0.2, 0.25) is 5.91 Å². The molecule has 0 unspecified atom stereocenters. The SMILES string of the molecule is [N-]=[N+]=NCCC(=O)NCc1cccs1. The Hall–Kier alpha value is -1.52. The zero-order valence-corrected chi connectivity index (χ0v) is 8.33. The molecule has 5 nitrogen and oxygen atoms in total. The van der Waals surface area contributed by atoms with Crippen LogP contribution in [-0.2, 0) is 11.3 Å². The maximum atomic E-state index is 11.1. The highest BCUT2D eigenvalue weighted by molar-refractivity contribution is 7.09. The summed E-state index contributed by atoms with van der Waals surface area (Å²) in [6, 6.07) is 3.89. The van der Waals surface area contributed by atoms with Crippen molar-refractivity contribution < 1.29 is 4.79 Å². The summed E-state index contributed by atoms with van der Waals surface area (Å²) < 4.78 is 0. The van der Waals surface area contributed by atoms with Crippen molar-refractivity contribution in [3.8, 4) is 0 Å². The van der Waals surface area contributed by atoms with Gasteiger partial charge in [0.25, 0.3) is 0 Å². The minimum Gasteiger partial charge on any atom is -0.351 e. The first-order valence-corrected chi connectivity index (χ1v) is 5.01. The Labute approximate surface area is 85.4 Å². The summed E-state index contributed by atoms with van der Waals surface area (Å²) in [6.45, 7) is 0.763. The van der Waals surface area contributed by atoms with Gasteiger partial charge in [0.15, 0.2) is 0 Å². The van der Waals surface area contributed by atoms with E-state index in [4.69, 9.17) is 5.53 Å². The number of hydrogen-bond donors (Lipinski definition) is 1. The highest BCUT2D eigenvalue weighted by Crippen LogP contribution is 2.07. The topological polar surface area (TPSA) is 77.9 Å². The highest BCUT2D eigenvalue weighted by atomic mass is 32.1. The lowest BCUT2D eigenvalue weighted by Crippen LogP contribution is -2.22. The van der Waals surface area contributed by atoms with Gasteiger partial charge in [-0.3, -0.25) is 4.79 Å². The van der Waals surface area contributed by atoms with Crippen molar-refractivity contribution in [3.63, 3.8) is 0 Å². The van der Waals surface area contributed by atoms with Crippen LogP contribution in [0.4, 0.5) is 0 Å². The molecule has 14 heavy (non-hydrogen) atoms. The second kappa shape index (κ2) is 6.01. The van der Waals surface area contributed by atoms with Crippen molar-refractivity contribution in [2.24, 2.45) is 5.11 Å². The third kappa shape index (κ3) is 3.93. The second-order valence-corrected chi connectivity index (χ2v) is 3.59. The van der Waals surface area contributed by atoms with Crippen LogP contribution in [0, 0.1) is 0 Å². The van der Waals surface area contributed by atoms with Gasteiger partial charge in [-0.15, -0.1) is 11.3 Å². The summed E-state index contributed by atoms with van der Waals surface area (Å²) in [7, 11) is 0. The predicted molar refractivity (Wildman–Crippen MR) is 54.8 cm³/mol. The van der Waals surface area contributed by atoms with Crippen LogP contribution in [0.15, 0.2) is 22.6 Å². The van der Waals surface area contributed by atoms with Gasteiger partial charge in [0, 0.05) is 22.8 Å². The lowest BCUT2D eigenvalue weighted by Gasteiger charge is -2.00. The average Bonchev–Trinajstić information content (AvgIpc) is 2.68. The van der Waals surface area contributed by atoms with Crippen LogP contribution in [-0.4, -0.2) is 12.5 Å². The average molecular weight is 210 g/mol. The Kier molecular flexibility index (Phi) is 4.54. The van der Waals surface area contributed by atoms with Crippen LogP contribution in [0.1, 0.15) is 11.3 Å². The smallest absolute Gasteiger partial charge is 0.220 e. The molecule has 0 spiro atoms. The number of nitrogens with zero attached hydrogens (tertiary/aromatic N) is 3. The number of azide groups is 1. The molecule has 0 fully saturated rings. The van der Waals surface area contributed by atoms with Crippen molar-refractivity contribution in [2.45, 2.75) is 13.0 Å². The van der Waals surface area contributed by atoms with E-state index < -0.39 is 0 Å². The number of hydrogen-bond acceptors (Lipinski definition) is 3. The van der Waals surface area contributed by atoms with Gasteiger partial charge in [0.05, 0.1) is 6.54 Å². The fourth-order valence-corrected chi connectivity index (χ4v) is 1.53. The molecular weight excluding hydrogens is 200 g/mol. The summed E-state index contributed by atoms with van der Waals surface area (Å²) in [6.07, 6.45) is 0.245. The Morgan fingerprint density at radius 2 is 2.57 bits per heavy atom. The summed E-state index contributed by atoms with van der Waals surface area (Å²) in [5.74, 6) is -0.0919. The summed E-state index contributed by atoms with van der Waals surface area (Å²) in [5, 5.41) is 7.97. The largest absolute Gasteiger partial charge is 0.351 e.